The highest BCUT2D eigenvalue weighted by Crippen LogP contribution is 2.14. The van der Waals surface area contributed by atoms with E-state index in [1.807, 2.05) is 0 Å². The van der Waals surface area contributed by atoms with Gasteiger partial charge < -0.3 is 10.6 Å². The molecule has 2 N–H and O–H groups in total. The largest absolute Gasteiger partial charge is 0.371 e. The van der Waals surface area contributed by atoms with E-state index >= 15 is 0 Å². The number of carbonyl (C=O) groups excluding carboxylic acids is 1. The zero-order valence-corrected chi connectivity index (χ0v) is 10.6. The summed E-state index contributed by atoms with van der Waals surface area (Å²) >= 11 is 0. The number of aromatic nitrogens is 3. The lowest BCUT2D eigenvalue weighted by Crippen LogP contribution is -2.24. The molecule has 2 aromatic heterocycles. The molecule has 0 aromatic carbocycles. The first kappa shape index (κ1) is 13.0. The quantitative estimate of drug-likeness (QED) is 0.860. The highest BCUT2D eigenvalue weighted by molar-refractivity contribution is 5.95. The molecule has 0 unspecified atom stereocenters. The van der Waals surface area contributed by atoms with Crippen molar-refractivity contribution in [3.05, 3.63) is 41.6 Å². The third kappa shape index (κ3) is 2.87. The van der Waals surface area contributed by atoms with Gasteiger partial charge in [-0.3, -0.25) is 9.48 Å². The minimum absolute atomic E-state index is 0.0387. The van der Waals surface area contributed by atoms with Crippen molar-refractivity contribution in [3.8, 4) is 0 Å². The molecule has 0 aliphatic rings. The summed E-state index contributed by atoms with van der Waals surface area (Å²) < 4.78 is 15.5. The van der Waals surface area contributed by atoms with Crippen LogP contribution in [0.2, 0.25) is 0 Å². The van der Waals surface area contributed by atoms with Crippen LogP contribution in [0.4, 0.5) is 10.2 Å². The number of pyridine rings is 1. The van der Waals surface area contributed by atoms with Gasteiger partial charge in [-0.1, -0.05) is 0 Å². The summed E-state index contributed by atoms with van der Waals surface area (Å²) in [6.07, 6.45) is 4.80. The number of anilines is 1. The van der Waals surface area contributed by atoms with Gasteiger partial charge in [0.15, 0.2) is 11.6 Å². The molecule has 0 bridgehead atoms. The molecule has 19 heavy (non-hydrogen) atoms. The molecule has 0 saturated heterocycles. The maximum absolute atomic E-state index is 13.9. The molecule has 2 rings (SSSR count). The van der Waals surface area contributed by atoms with Crippen molar-refractivity contribution in [1.29, 1.82) is 0 Å². The fourth-order valence-electron chi connectivity index (χ4n) is 1.63. The number of nitrogens with one attached hydrogen (secondary N) is 2. The Morgan fingerprint density at radius 2 is 2.32 bits per heavy atom. The maximum atomic E-state index is 13.9. The summed E-state index contributed by atoms with van der Waals surface area (Å²) in [6.45, 7) is 0.295. The number of rotatable bonds is 4. The van der Waals surface area contributed by atoms with Gasteiger partial charge in [-0.05, 0) is 6.07 Å². The lowest BCUT2D eigenvalue weighted by Gasteiger charge is -2.07. The summed E-state index contributed by atoms with van der Waals surface area (Å²) in [5.41, 5.74) is 0.808. The minimum atomic E-state index is -0.659. The number of aryl methyl sites for hydroxylation is 1. The van der Waals surface area contributed by atoms with E-state index in [4.69, 9.17) is 0 Å². The summed E-state index contributed by atoms with van der Waals surface area (Å²) in [7, 11) is 3.33. The molecule has 6 nitrogen and oxygen atoms in total. The number of nitrogens with zero attached hydrogens (tertiary/aromatic N) is 3. The maximum Gasteiger partial charge on any atom is 0.254 e. The van der Waals surface area contributed by atoms with Crippen LogP contribution in [0.5, 0.6) is 0 Å². The van der Waals surface area contributed by atoms with Crippen molar-refractivity contribution in [2.45, 2.75) is 6.54 Å². The smallest absolute Gasteiger partial charge is 0.254 e. The summed E-state index contributed by atoms with van der Waals surface area (Å²) in [5.74, 6) is -1.09. The Hall–Kier alpha value is -2.44. The Morgan fingerprint density at radius 1 is 1.53 bits per heavy atom. The first-order chi connectivity index (χ1) is 9.11. The number of carbonyl (C=O) groups is 1. The molecule has 0 aliphatic carbocycles. The normalized spacial score (nSPS) is 10.3. The van der Waals surface area contributed by atoms with Crippen LogP contribution in [0, 0.1) is 5.82 Å². The van der Waals surface area contributed by atoms with Gasteiger partial charge in [0.05, 0.1) is 11.8 Å². The summed E-state index contributed by atoms with van der Waals surface area (Å²) in [6, 6.07) is 1.34. The predicted molar refractivity (Wildman–Crippen MR) is 68.1 cm³/mol. The van der Waals surface area contributed by atoms with Crippen LogP contribution in [-0.4, -0.2) is 27.7 Å². The molecule has 100 valence electrons. The van der Waals surface area contributed by atoms with Crippen molar-refractivity contribution in [3.63, 3.8) is 0 Å². The Kier molecular flexibility index (Phi) is 3.74. The van der Waals surface area contributed by atoms with Gasteiger partial charge >= 0.3 is 0 Å². The molecule has 7 heteroatoms. The van der Waals surface area contributed by atoms with Crippen LogP contribution in [0.15, 0.2) is 24.7 Å². The molecule has 0 spiro atoms. The highest BCUT2D eigenvalue weighted by Gasteiger charge is 2.15. The van der Waals surface area contributed by atoms with E-state index in [2.05, 4.69) is 20.7 Å². The average Bonchev–Trinajstić information content (AvgIpc) is 2.82. The first-order valence-corrected chi connectivity index (χ1v) is 5.69. The van der Waals surface area contributed by atoms with Crippen molar-refractivity contribution in [2.24, 2.45) is 7.05 Å². The van der Waals surface area contributed by atoms with Crippen LogP contribution < -0.4 is 10.6 Å². The van der Waals surface area contributed by atoms with E-state index in [1.165, 1.54) is 12.3 Å². The Balaban J connectivity index is 2.08. The van der Waals surface area contributed by atoms with Crippen molar-refractivity contribution < 1.29 is 9.18 Å². The predicted octanol–water partition coefficient (Wildman–Crippen LogP) is 0.926. The van der Waals surface area contributed by atoms with Gasteiger partial charge in [-0.15, -0.1) is 0 Å². The molecule has 0 saturated carbocycles. The number of amides is 1. The van der Waals surface area contributed by atoms with Gasteiger partial charge in [-0.2, -0.15) is 5.10 Å². The second kappa shape index (κ2) is 5.47. The number of halogens is 1. The van der Waals surface area contributed by atoms with E-state index in [-0.39, 0.29) is 11.4 Å². The van der Waals surface area contributed by atoms with Crippen LogP contribution in [0.25, 0.3) is 0 Å². The number of hydrogen-bond acceptors (Lipinski definition) is 4. The molecule has 0 fully saturated rings. The topological polar surface area (TPSA) is 71.8 Å². The summed E-state index contributed by atoms with van der Waals surface area (Å²) in [4.78, 5) is 15.7. The fourth-order valence-corrected chi connectivity index (χ4v) is 1.63. The van der Waals surface area contributed by atoms with E-state index < -0.39 is 11.7 Å². The SMILES string of the molecule is CNc1nccc(C(=O)NCc2cnn(C)c2)c1F. The third-order valence-corrected chi connectivity index (χ3v) is 2.58. The second-order valence-electron chi connectivity index (χ2n) is 3.98. The Labute approximate surface area is 109 Å². The van der Waals surface area contributed by atoms with E-state index in [9.17, 15) is 9.18 Å². The number of hydrogen-bond donors (Lipinski definition) is 2. The Morgan fingerprint density at radius 3 is 2.95 bits per heavy atom. The molecule has 2 aromatic rings. The standard InChI is InChI=1S/C12H14FN5O/c1-14-11-10(13)9(3-4-15-11)12(19)16-5-8-6-17-18(2)7-8/h3-4,6-7H,5H2,1-2H3,(H,14,15)(H,16,19). The monoisotopic (exact) mass is 263 g/mol. The molecule has 0 radical (unpaired) electrons. The minimum Gasteiger partial charge on any atom is -0.371 e. The Bertz CT molecular complexity index is 596. The molecular weight excluding hydrogens is 249 g/mol. The van der Waals surface area contributed by atoms with Crippen molar-refractivity contribution in [1.82, 2.24) is 20.1 Å². The average molecular weight is 263 g/mol. The van der Waals surface area contributed by atoms with Crippen LogP contribution in [0.1, 0.15) is 15.9 Å². The van der Waals surface area contributed by atoms with Crippen LogP contribution in [-0.2, 0) is 13.6 Å². The third-order valence-electron chi connectivity index (χ3n) is 2.58. The highest BCUT2D eigenvalue weighted by atomic mass is 19.1. The van der Waals surface area contributed by atoms with Gasteiger partial charge in [0, 0.05) is 38.6 Å². The molecule has 0 atom stereocenters. The summed E-state index contributed by atoms with van der Waals surface area (Å²) in [5, 5.41) is 9.20. The molecule has 0 aliphatic heterocycles. The molecular formula is C12H14FN5O. The lowest BCUT2D eigenvalue weighted by molar-refractivity contribution is 0.0947. The van der Waals surface area contributed by atoms with E-state index in [0.717, 1.165) is 5.56 Å². The first-order valence-electron chi connectivity index (χ1n) is 5.69. The zero-order valence-electron chi connectivity index (χ0n) is 10.6. The van der Waals surface area contributed by atoms with E-state index in [1.54, 1.807) is 31.2 Å². The molecule has 1 amide bonds. The molecule has 2 heterocycles. The fraction of sp³-hybridized carbons (Fsp3) is 0.250. The zero-order chi connectivity index (χ0) is 13.8. The van der Waals surface area contributed by atoms with Crippen molar-refractivity contribution in [2.75, 3.05) is 12.4 Å². The van der Waals surface area contributed by atoms with Gasteiger partial charge in [0.1, 0.15) is 0 Å². The van der Waals surface area contributed by atoms with Gasteiger partial charge in [-0.25, -0.2) is 9.37 Å². The van der Waals surface area contributed by atoms with Gasteiger partial charge in [0.25, 0.3) is 5.91 Å². The second-order valence-corrected chi connectivity index (χ2v) is 3.98. The van der Waals surface area contributed by atoms with Crippen molar-refractivity contribution >= 4 is 11.7 Å². The van der Waals surface area contributed by atoms with Crippen LogP contribution in [0.3, 0.4) is 0 Å². The van der Waals surface area contributed by atoms with Gasteiger partial charge in [0.2, 0.25) is 0 Å². The van der Waals surface area contributed by atoms with E-state index in [0.29, 0.717) is 6.54 Å². The lowest BCUT2D eigenvalue weighted by atomic mass is 10.2. The van der Waals surface area contributed by atoms with Crippen LogP contribution >= 0.6 is 0 Å².